The molecule has 0 fully saturated rings. The van der Waals surface area contributed by atoms with Gasteiger partial charge in [-0.2, -0.15) is 0 Å². The molecule has 4 heteroatoms. The van der Waals surface area contributed by atoms with Crippen LogP contribution in [-0.2, 0) is 0 Å². The van der Waals surface area contributed by atoms with Crippen LogP contribution in [0.25, 0.3) is 0 Å². The fourth-order valence-electron chi connectivity index (χ4n) is 2.04. The second kappa shape index (κ2) is 8.92. The van der Waals surface area contributed by atoms with Gasteiger partial charge in [0.1, 0.15) is 5.75 Å². The molecule has 0 heterocycles. The highest BCUT2D eigenvalue weighted by Crippen LogP contribution is 2.22. The van der Waals surface area contributed by atoms with Crippen molar-refractivity contribution in [2.75, 3.05) is 19.4 Å². The van der Waals surface area contributed by atoms with Gasteiger partial charge in [0.2, 0.25) is 0 Å². The van der Waals surface area contributed by atoms with Gasteiger partial charge in [0.15, 0.2) is 0 Å². The number of nitrogens with one attached hydrogen (secondary N) is 1. The Morgan fingerprint density at radius 2 is 1.91 bits per heavy atom. The number of ether oxygens (including phenoxy) is 1. The largest absolute Gasteiger partial charge is 0.495 e. The van der Waals surface area contributed by atoms with E-state index in [-0.39, 0.29) is 5.91 Å². The standard InChI is InChI=1S/C19H19NO2S/c1-3-23-18-13-7-5-11-16(18)19(21)20-14-8-10-15-9-4-6-12-17(15)22-2/h4-7,9,11-13H,3,14H2,1-2H3,(H,20,21). The van der Waals surface area contributed by atoms with E-state index in [1.807, 2.05) is 48.5 Å². The Morgan fingerprint density at radius 3 is 2.70 bits per heavy atom. The minimum atomic E-state index is -0.101. The number of methoxy groups -OCH3 is 1. The zero-order chi connectivity index (χ0) is 16.5. The van der Waals surface area contributed by atoms with E-state index in [9.17, 15) is 4.79 Å². The van der Waals surface area contributed by atoms with E-state index in [1.54, 1.807) is 18.9 Å². The van der Waals surface area contributed by atoms with Crippen molar-refractivity contribution in [1.82, 2.24) is 5.32 Å². The van der Waals surface area contributed by atoms with Gasteiger partial charge in [-0.25, -0.2) is 0 Å². The van der Waals surface area contributed by atoms with Crippen LogP contribution in [0.15, 0.2) is 53.4 Å². The number of rotatable bonds is 5. The summed E-state index contributed by atoms with van der Waals surface area (Å²) in [7, 11) is 1.62. The number of thioether (sulfide) groups is 1. The molecule has 118 valence electrons. The Kier molecular flexibility index (Phi) is 6.58. The Balaban J connectivity index is 2.00. The minimum Gasteiger partial charge on any atom is -0.495 e. The van der Waals surface area contributed by atoms with Gasteiger partial charge in [0.25, 0.3) is 5.91 Å². The molecule has 0 spiro atoms. The van der Waals surface area contributed by atoms with Crippen LogP contribution in [0, 0.1) is 11.8 Å². The molecule has 3 nitrogen and oxygen atoms in total. The van der Waals surface area contributed by atoms with Crippen molar-refractivity contribution < 1.29 is 9.53 Å². The van der Waals surface area contributed by atoms with Crippen molar-refractivity contribution in [3.05, 3.63) is 59.7 Å². The van der Waals surface area contributed by atoms with E-state index in [0.717, 1.165) is 22.0 Å². The topological polar surface area (TPSA) is 38.3 Å². The lowest BCUT2D eigenvalue weighted by atomic mass is 10.2. The summed E-state index contributed by atoms with van der Waals surface area (Å²) in [5, 5.41) is 2.84. The van der Waals surface area contributed by atoms with E-state index in [1.165, 1.54) is 0 Å². The van der Waals surface area contributed by atoms with Crippen molar-refractivity contribution in [3.8, 4) is 17.6 Å². The normalized spacial score (nSPS) is 9.65. The molecule has 0 aliphatic heterocycles. The summed E-state index contributed by atoms with van der Waals surface area (Å²) >= 11 is 1.66. The molecule has 0 bridgehead atoms. The molecule has 0 saturated carbocycles. The number of amides is 1. The summed E-state index contributed by atoms with van der Waals surface area (Å²) in [6.07, 6.45) is 0. The van der Waals surface area contributed by atoms with Crippen LogP contribution in [0.4, 0.5) is 0 Å². The monoisotopic (exact) mass is 325 g/mol. The van der Waals surface area contributed by atoms with Crippen LogP contribution in [0.3, 0.4) is 0 Å². The molecule has 23 heavy (non-hydrogen) atoms. The smallest absolute Gasteiger partial charge is 0.253 e. The number of carbonyl (C=O) groups excluding carboxylic acids is 1. The van der Waals surface area contributed by atoms with Gasteiger partial charge in [-0.15, -0.1) is 11.8 Å². The lowest BCUT2D eigenvalue weighted by Gasteiger charge is -2.07. The third-order valence-corrected chi connectivity index (χ3v) is 4.05. The van der Waals surface area contributed by atoms with E-state index in [2.05, 4.69) is 24.1 Å². The molecule has 0 atom stereocenters. The molecule has 2 aromatic rings. The second-order valence-electron chi connectivity index (χ2n) is 4.61. The van der Waals surface area contributed by atoms with E-state index >= 15 is 0 Å². The maximum Gasteiger partial charge on any atom is 0.253 e. The average Bonchev–Trinajstić information content (AvgIpc) is 2.59. The van der Waals surface area contributed by atoms with Gasteiger partial charge in [-0.1, -0.05) is 43.0 Å². The van der Waals surface area contributed by atoms with Crippen molar-refractivity contribution in [1.29, 1.82) is 0 Å². The quantitative estimate of drug-likeness (QED) is 0.674. The van der Waals surface area contributed by atoms with Crippen LogP contribution >= 0.6 is 11.8 Å². The van der Waals surface area contributed by atoms with E-state index in [0.29, 0.717) is 12.1 Å². The summed E-state index contributed by atoms with van der Waals surface area (Å²) in [4.78, 5) is 13.2. The molecule has 0 aliphatic carbocycles. The highest BCUT2D eigenvalue weighted by Gasteiger charge is 2.09. The predicted octanol–water partition coefficient (Wildman–Crippen LogP) is 3.59. The van der Waals surface area contributed by atoms with Crippen LogP contribution in [0.1, 0.15) is 22.8 Å². The Hall–Kier alpha value is -2.38. The second-order valence-corrected chi connectivity index (χ2v) is 5.92. The number of carbonyl (C=O) groups is 1. The third kappa shape index (κ3) is 4.80. The lowest BCUT2D eigenvalue weighted by molar-refractivity contribution is 0.0956. The zero-order valence-electron chi connectivity index (χ0n) is 13.3. The van der Waals surface area contributed by atoms with Crippen molar-refractivity contribution in [2.24, 2.45) is 0 Å². The van der Waals surface area contributed by atoms with Crippen molar-refractivity contribution in [3.63, 3.8) is 0 Å². The maximum absolute atomic E-state index is 12.3. The average molecular weight is 325 g/mol. The first-order valence-corrected chi connectivity index (χ1v) is 8.36. The first-order valence-electron chi connectivity index (χ1n) is 7.38. The maximum atomic E-state index is 12.3. The molecule has 0 aromatic heterocycles. The third-order valence-electron chi connectivity index (χ3n) is 3.10. The highest BCUT2D eigenvalue weighted by molar-refractivity contribution is 7.99. The first-order chi connectivity index (χ1) is 11.3. The summed E-state index contributed by atoms with van der Waals surface area (Å²) in [5.41, 5.74) is 1.50. The van der Waals surface area contributed by atoms with Gasteiger partial charge in [-0.3, -0.25) is 4.79 Å². The summed E-state index contributed by atoms with van der Waals surface area (Å²) in [6, 6.07) is 15.2. The molecule has 2 rings (SSSR count). The molecular weight excluding hydrogens is 306 g/mol. The van der Waals surface area contributed by atoms with Gasteiger partial charge in [0, 0.05) is 4.90 Å². The Morgan fingerprint density at radius 1 is 1.17 bits per heavy atom. The summed E-state index contributed by atoms with van der Waals surface area (Å²) in [6.45, 7) is 2.36. The summed E-state index contributed by atoms with van der Waals surface area (Å²) in [5.74, 6) is 7.54. The molecule has 0 saturated heterocycles. The SMILES string of the molecule is CCSc1ccccc1C(=O)NCC#Cc1ccccc1OC. The molecule has 0 radical (unpaired) electrons. The number of hydrogen-bond acceptors (Lipinski definition) is 3. The van der Waals surface area contributed by atoms with Gasteiger partial charge >= 0.3 is 0 Å². The minimum absolute atomic E-state index is 0.101. The Labute approximate surface area is 141 Å². The first kappa shape index (κ1) is 17.0. The molecule has 1 N–H and O–H groups in total. The fraction of sp³-hybridized carbons (Fsp3) is 0.211. The van der Waals surface area contributed by atoms with Crippen molar-refractivity contribution in [2.45, 2.75) is 11.8 Å². The molecule has 0 unspecified atom stereocenters. The van der Waals surface area contributed by atoms with E-state index in [4.69, 9.17) is 4.74 Å². The predicted molar refractivity (Wildman–Crippen MR) is 95.0 cm³/mol. The molecule has 2 aromatic carbocycles. The summed E-state index contributed by atoms with van der Waals surface area (Å²) < 4.78 is 5.24. The van der Waals surface area contributed by atoms with Crippen LogP contribution in [-0.4, -0.2) is 25.3 Å². The van der Waals surface area contributed by atoms with Crippen LogP contribution in [0.5, 0.6) is 5.75 Å². The number of para-hydroxylation sites is 1. The Bertz CT molecular complexity index is 731. The van der Waals surface area contributed by atoms with Crippen LogP contribution in [0.2, 0.25) is 0 Å². The van der Waals surface area contributed by atoms with Crippen molar-refractivity contribution >= 4 is 17.7 Å². The molecular formula is C19H19NO2S. The van der Waals surface area contributed by atoms with E-state index < -0.39 is 0 Å². The number of benzene rings is 2. The van der Waals surface area contributed by atoms with Gasteiger partial charge in [0.05, 0.1) is 24.8 Å². The molecule has 1 amide bonds. The van der Waals surface area contributed by atoms with Gasteiger partial charge < -0.3 is 10.1 Å². The highest BCUT2D eigenvalue weighted by atomic mass is 32.2. The number of hydrogen-bond donors (Lipinski definition) is 1. The fourth-order valence-corrected chi connectivity index (χ4v) is 2.84. The molecule has 0 aliphatic rings. The lowest BCUT2D eigenvalue weighted by Crippen LogP contribution is -2.24. The van der Waals surface area contributed by atoms with Crippen LogP contribution < -0.4 is 10.1 Å². The van der Waals surface area contributed by atoms with Gasteiger partial charge in [-0.05, 0) is 30.0 Å². The zero-order valence-corrected chi connectivity index (χ0v) is 14.1.